The van der Waals surface area contributed by atoms with E-state index in [-0.39, 0.29) is 0 Å². The molecule has 0 radical (unpaired) electrons. The molecule has 1 saturated heterocycles. The number of hydrogen-bond donors (Lipinski definition) is 0. The highest BCUT2D eigenvalue weighted by atomic mass is 16.5. The largest absolute Gasteiger partial charge is 0.361 e. The van der Waals surface area contributed by atoms with Crippen LogP contribution in [-0.4, -0.2) is 21.6 Å². The molecule has 2 aromatic heterocycles. The third kappa shape index (κ3) is 2.75. The predicted molar refractivity (Wildman–Crippen MR) is 77.2 cm³/mol. The molecule has 0 aliphatic carbocycles. The van der Waals surface area contributed by atoms with Crippen LogP contribution in [0.1, 0.15) is 55.7 Å². The van der Waals surface area contributed by atoms with Gasteiger partial charge in [-0.05, 0) is 37.1 Å². The van der Waals surface area contributed by atoms with Gasteiger partial charge in [0.05, 0.1) is 6.04 Å². The molecule has 4 nitrogen and oxygen atoms in total. The van der Waals surface area contributed by atoms with Crippen LogP contribution >= 0.6 is 0 Å². The predicted octanol–water partition coefficient (Wildman–Crippen LogP) is 3.53. The van der Waals surface area contributed by atoms with Gasteiger partial charge in [-0.2, -0.15) is 0 Å². The van der Waals surface area contributed by atoms with Crippen molar-refractivity contribution >= 4 is 0 Å². The number of nitrogens with zero attached hydrogens (tertiary/aromatic N) is 3. The van der Waals surface area contributed by atoms with Gasteiger partial charge in [0.25, 0.3) is 0 Å². The Labute approximate surface area is 119 Å². The molecule has 3 rings (SSSR count). The fourth-order valence-corrected chi connectivity index (χ4v) is 2.81. The summed E-state index contributed by atoms with van der Waals surface area (Å²) in [5.41, 5.74) is 2.39. The molecule has 0 unspecified atom stereocenters. The van der Waals surface area contributed by atoms with Crippen molar-refractivity contribution in [2.75, 3.05) is 6.54 Å². The molecule has 20 heavy (non-hydrogen) atoms. The summed E-state index contributed by atoms with van der Waals surface area (Å²) < 4.78 is 5.45. The Morgan fingerprint density at radius 1 is 1.35 bits per heavy atom. The molecule has 1 aliphatic heterocycles. The first-order valence-corrected chi connectivity index (χ1v) is 7.33. The van der Waals surface area contributed by atoms with Gasteiger partial charge >= 0.3 is 0 Å². The minimum Gasteiger partial charge on any atom is -0.361 e. The fraction of sp³-hybridized carbons (Fsp3) is 0.500. The van der Waals surface area contributed by atoms with Crippen molar-refractivity contribution < 1.29 is 4.52 Å². The molecule has 0 aromatic carbocycles. The van der Waals surface area contributed by atoms with Crippen molar-refractivity contribution in [1.82, 2.24) is 15.0 Å². The Balaban J connectivity index is 1.74. The summed E-state index contributed by atoms with van der Waals surface area (Å²) in [6.07, 6.45) is 6.09. The zero-order chi connectivity index (χ0) is 13.9. The lowest BCUT2D eigenvalue weighted by atomic mass is 10.1. The lowest BCUT2D eigenvalue weighted by Crippen LogP contribution is -2.22. The highest BCUT2D eigenvalue weighted by molar-refractivity contribution is 5.16. The van der Waals surface area contributed by atoms with Crippen LogP contribution < -0.4 is 0 Å². The van der Waals surface area contributed by atoms with Gasteiger partial charge in [-0.3, -0.25) is 9.88 Å². The number of hydrogen-bond acceptors (Lipinski definition) is 4. The zero-order valence-corrected chi connectivity index (χ0v) is 12.1. The first kappa shape index (κ1) is 13.3. The molecule has 0 N–H and O–H groups in total. The van der Waals surface area contributed by atoms with E-state index in [0.29, 0.717) is 12.0 Å². The van der Waals surface area contributed by atoms with Crippen molar-refractivity contribution in [3.8, 4) is 0 Å². The molecular weight excluding hydrogens is 250 g/mol. The third-order valence-corrected chi connectivity index (χ3v) is 3.96. The second-order valence-corrected chi connectivity index (χ2v) is 5.79. The molecule has 2 aromatic rings. The van der Waals surface area contributed by atoms with Crippen LogP contribution in [0.2, 0.25) is 0 Å². The van der Waals surface area contributed by atoms with Crippen molar-refractivity contribution in [3.63, 3.8) is 0 Å². The Morgan fingerprint density at radius 3 is 2.85 bits per heavy atom. The van der Waals surface area contributed by atoms with Crippen LogP contribution in [0.4, 0.5) is 0 Å². The number of aromatic nitrogens is 2. The van der Waals surface area contributed by atoms with Gasteiger partial charge in [0.1, 0.15) is 11.5 Å². The summed E-state index contributed by atoms with van der Waals surface area (Å²) in [6, 6.07) is 6.68. The van der Waals surface area contributed by atoms with Crippen LogP contribution in [0.25, 0.3) is 0 Å². The second-order valence-electron chi connectivity index (χ2n) is 5.79. The minimum atomic E-state index is 0.388. The quantitative estimate of drug-likeness (QED) is 0.853. The van der Waals surface area contributed by atoms with Gasteiger partial charge in [-0.25, -0.2) is 0 Å². The Bertz CT molecular complexity index is 550. The van der Waals surface area contributed by atoms with E-state index >= 15 is 0 Å². The van der Waals surface area contributed by atoms with Gasteiger partial charge in [0.15, 0.2) is 0 Å². The Morgan fingerprint density at radius 2 is 2.15 bits per heavy atom. The molecule has 0 bridgehead atoms. The highest BCUT2D eigenvalue weighted by Crippen LogP contribution is 2.33. The summed E-state index contributed by atoms with van der Waals surface area (Å²) in [5.74, 6) is 1.38. The van der Waals surface area contributed by atoms with E-state index < -0.39 is 0 Å². The second kappa shape index (κ2) is 5.75. The van der Waals surface area contributed by atoms with Gasteiger partial charge in [-0.1, -0.05) is 19.0 Å². The van der Waals surface area contributed by atoms with Gasteiger partial charge in [0, 0.05) is 30.9 Å². The average molecular weight is 271 g/mol. The molecule has 0 spiro atoms. The number of pyridine rings is 1. The molecule has 0 saturated carbocycles. The molecule has 0 amide bonds. The maximum atomic E-state index is 5.45. The van der Waals surface area contributed by atoms with Crippen molar-refractivity contribution in [2.45, 2.75) is 45.2 Å². The average Bonchev–Trinajstić information content (AvgIpc) is 3.08. The fourth-order valence-electron chi connectivity index (χ4n) is 2.81. The van der Waals surface area contributed by atoms with Gasteiger partial charge in [0.2, 0.25) is 0 Å². The lowest BCUT2D eigenvalue weighted by Gasteiger charge is -2.22. The zero-order valence-electron chi connectivity index (χ0n) is 12.1. The van der Waals surface area contributed by atoms with E-state index in [9.17, 15) is 0 Å². The maximum absolute atomic E-state index is 5.45. The van der Waals surface area contributed by atoms with Crippen LogP contribution in [0.5, 0.6) is 0 Å². The van der Waals surface area contributed by atoms with Crippen molar-refractivity contribution in [3.05, 3.63) is 47.6 Å². The number of rotatable bonds is 4. The van der Waals surface area contributed by atoms with E-state index in [1.807, 2.05) is 12.4 Å². The molecule has 1 aliphatic rings. The molecule has 1 atom stereocenters. The van der Waals surface area contributed by atoms with E-state index in [0.717, 1.165) is 31.0 Å². The standard InChI is InChI=1S/C16H21N3O/c1-12(2)16-10-14(18-20-16)15-4-3-9-19(15)11-13-5-7-17-8-6-13/h5-8,10,12,15H,3-4,9,11H2,1-2H3/t15-/m0/s1. The first-order chi connectivity index (χ1) is 9.74. The first-order valence-electron chi connectivity index (χ1n) is 7.33. The van der Waals surface area contributed by atoms with Crippen LogP contribution in [0, 0.1) is 0 Å². The van der Waals surface area contributed by atoms with Crippen molar-refractivity contribution in [2.24, 2.45) is 0 Å². The molecule has 3 heterocycles. The Kier molecular flexibility index (Phi) is 3.83. The summed E-state index contributed by atoms with van der Waals surface area (Å²) in [7, 11) is 0. The molecule has 106 valence electrons. The normalized spacial score (nSPS) is 19.9. The van der Waals surface area contributed by atoms with E-state index in [1.54, 1.807) is 0 Å². The van der Waals surface area contributed by atoms with Gasteiger partial charge < -0.3 is 4.52 Å². The summed E-state index contributed by atoms with van der Waals surface area (Å²) in [5, 5.41) is 4.28. The van der Waals surface area contributed by atoms with E-state index in [4.69, 9.17) is 4.52 Å². The van der Waals surface area contributed by atoms with E-state index in [1.165, 1.54) is 12.0 Å². The highest BCUT2D eigenvalue weighted by Gasteiger charge is 2.28. The minimum absolute atomic E-state index is 0.388. The molecule has 4 heteroatoms. The lowest BCUT2D eigenvalue weighted by molar-refractivity contribution is 0.236. The molecule has 1 fully saturated rings. The third-order valence-electron chi connectivity index (χ3n) is 3.96. The Hall–Kier alpha value is -1.68. The summed E-state index contributed by atoms with van der Waals surface area (Å²) in [6.45, 7) is 6.34. The summed E-state index contributed by atoms with van der Waals surface area (Å²) in [4.78, 5) is 6.56. The van der Waals surface area contributed by atoms with Crippen LogP contribution in [0.3, 0.4) is 0 Å². The van der Waals surface area contributed by atoms with Crippen molar-refractivity contribution in [1.29, 1.82) is 0 Å². The maximum Gasteiger partial charge on any atom is 0.139 e. The van der Waals surface area contributed by atoms with Gasteiger partial charge in [-0.15, -0.1) is 0 Å². The topological polar surface area (TPSA) is 42.2 Å². The smallest absolute Gasteiger partial charge is 0.139 e. The van der Waals surface area contributed by atoms with Crippen LogP contribution in [0.15, 0.2) is 35.1 Å². The summed E-state index contributed by atoms with van der Waals surface area (Å²) >= 11 is 0. The monoisotopic (exact) mass is 271 g/mol. The number of likely N-dealkylation sites (tertiary alicyclic amines) is 1. The SMILES string of the molecule is CC(C)c1cc([C@@H]2CCCN2Cc2ccncc2)no1. The van der Waals surface area contributed by atoms with E-state index in [2.05, 4.69) is 47.1 Å². The van der Waals surface area contributed by atoms with Crippen LogP contribution in [-0.2, 0) is 6.54 Å². The molecular formula is C16H21N3O.